The Labute approximate surface area is 129 Å². The molecule has 0 heterocycles. The molecule has 0 unspecified atom stereocenters. The number of benzene rings is 1. The van der Waals surface area contributed by atoms with Gasteiger partial charge in [0.25, 0.3) is 0 Å². The minimum Gasteiger partial charge on any atom is -0.433 e. The number of thiocarbonyl (C=S) groups is 1. The number of hydrogen-bond acceptors (Lipinski definition) is 2. The van der Waals surface area contributed by atoms with Gasteiger partial charge in [-0.25, -0.2) is 0 Å². The zero-order valence-electron chi connectivity index (χ0n) is 12.0. The molecule has 0 radical (unpaired) electrons. The fourth-order valence-electron chi connectivity index (χ4n) is 2.53. The van der Waals surface area contributed by atoms with E-state index in [0.717, 1.165) is 18.4 Å². The lowest BCUT2D eigenvalue weighted by Crippen LogP contribution is -2.38. The molecule has 0 saturated heterocycles. The van der Waals surface area contributed by atoms with Crippen molar-refractivity contribution in [1.29, 1.82) is 0 Å². The van der Waals surface area contributed by atoms with Crippen molar-refractivity contribution >= 4 is 23.0 Å². The molecule has 0 bridgehead atoms. The second-order valence-electron chi connectivity index (χ2n) is 5.31. The molecule has 1 saturated carbocycles. The third-order valence-electron chi connectivity index (χ3n) is 3.54. The summed E-state index contributed by atoms with van der Waals surface area (Å²) in [5.41, 5.74) is 1.41. The molecule has 0 amide bonds. The fourth-order valence-corrected chi connectivity index (χ4v) is 2.81. The van der Waals surface area contributed by atoms with Crippen LogP contribution in [-0.2, 0) is 0 Å². The van der Waals surface area contributed by atoms with Gasteiger partial charge in [-0.15, -0.1) is 0 Å². The number of halogens is 2. The Kier molecular flexibility index (Phi) is 5.73. The van der Waals surface area contributed by atoms with Gasteiger partial charge in [-0.1, -0.05) is 25.3 Å². The maximum absolute atomic E-state index is 12.4. The maximum Gasteiger partial charge on any atom is 0.387 e. The van der Waals surface area contributed by atoms with Gasteiger partial charge in [-0.05, 0) is 49.7 Å². The Bertz CT molecular complexity index is 491. The standard InChI is InChI=1S/C15H20F2N2OS/c1-10-7-8-13(20-14(16)17)12(9-10)19-15(21)18-11-5-3-2-4-6-11/h7-9,11,14H,2-6H2,1H3,(H2,18,19,21). The van der Waals surface area contributed by atoms with E-state index in [1.165, 1.54) is 25.3 Å². The first-order valence-corrected chi connectivity index (χ1v) is 7.58. The summed E-state index contributed by atoms with van der Waals surface area (Å²) < 4.78 is 29.3. The predicted octanol–water partition coefficient (Wildman–Crippen LogP) is 4.22. The average molecular weight is 314 g/mol. The summed E-state index contributed by atoms with van der Waals surface area (Å²) in [5, 5.41) is 6.66. The zero-order chi connectivity index (χ0) is 15.2. The first-order valence-electron chi connectivity index (χ1n) is 7.17. The lowest BCUT2D eigenvalue weighted by molar-refractivity contribution is -0.0493. The molecule has 0 atom stereocenters. The van der Waals surface area contributed by atoms with Gasteiger partial charge < -0.3 is 15.4 Å². The lowest BCUT2D eigenvalue weighted by atomic mass is 9.96. The molecule has 116 valence electrons. The number of aryl methyl sites for hydroxylation is 1. The van der Waals surface area contributed by atoms with E-state index in [9.17, 15) is 8.78 Å². The second-order valence-corrected chi connectivity index (χ2v) is 5.72. The topological polar surface area (TPSA) is 33.3 Å². The summed E-state index contributed by atoms with van der Waals surface area (Å²) in [5.74, 6) is 0.100. The molecular weight excluding hydrogens is 294 g/mol. The summed E-state index contributed by atoms with van der Waals surface area (Å²) in [6, 6.07) is 5.35. The van der Waals surface area contributed by atoms with Crippen molar-refractivity contribution in [3.05, 3.63) is 23.8 Å². The third-order valence-corrected chi connectivity index (χ3v) is 3.76. The molecule has 1 aromatic carbocycles. The molecule has 1 aliphatic carbocycles. The van der Waals surface area contributed by atoms with Crippen LogP contribution >= 0.6 is 12.2 Å². The van der Waals surface area contributed by atoms with Crippen molar-refractivity contribution in [2.45, 2.75) is 51.7 Å². The van der Waals surface area contributed by atoms with Crippen molar-refractivity contribution < 1.29 is 13.5 Å². The highest BCUT2D eigenvalue weighted by Crippen LogP contribution is 2.27. The maximum atomic E-state index is 12.4. The van der Waals surface area contributed by atoms with Gasteiger partial charge in [0.05, 0.1) is 5.69 Å². The van der Waals surface area contributed by atoms with Crippen LogP contribution in [0.3, 0.4) is 0 Å². The van der Waals surface area contributed by atoms with Crippen LogP contribution in [0.5, 0.6) is 5.75 Å². The number of alkyl halides is 2. The first kappa shape index (κ1) is 15.9. The van der Waals surface area contributed by atoms with Crippen LogP contribution in [0.1, 0.15) is 37.7 Å². The van der Waals surface area contributed by atoms with E-state index in [2.05, 4.69) is 15.4 Å². The molecule has 1 fully saturated rings. The molecule has 0 spiro atoms. The summed E-state index contributed by atoms with van der Waals surface area (Å²) in [7, 11) is 0. The Balaban J connectivity index is 1.99. The molecule has 1 aliphatic rings. The molecule has 2 N–H and O–H groups in total. The van der Waals surface area contributed by atoms with Gasteiger partial charge in [0.2, 0.25) is 0 Å². The lowest BCUT2D eigenvalue weighted by Gasteiger charge is -2.24. The van der Waals surface area contributed by atoms with Gasteiger partial charge in [0.15, 0.2) is 5.11 Å². The van der Waals surface area contributed by atoms with Gasteiger partial charge in [-0.3, -0.25) is 0 Å². The average Bonchev–Trinajstić information content (AvgIpc) is 2.42. The van der Waals surface area contributed by atoms with Crippen molar-refractivity contribution in [1.82, 2.24) is 5.32 Å². The van der Waals surface area contributed by atoms with Crippen LogP contribution in [0.25, 0.3) is 0 Å². The van der Waals surface area contributed by atoms with Crippen LogP contribution in [0.4, 0.5) is 14.5 Å². The Morgan fingerprint density at radius 1 is 1.29 bits per heavy atom. The van der Waals surface area contributed by atoms with Crippen molar-refractivity contribution in [2.75, 3.05) is 5.32 Å². The van der Waals surface area contributed by atoms with Crippen molar-refractivity contribution in [3.8, 4) is 5.75 Å². The molecule has 0 aromatic heterocycles. The number of rotatable bonds is 4. The van der Waals surface area contributed by atoms with Gasteiger partial charge in [0, 0.05) is 6.04 Å². The SMILES string of the molecule is Cc1ccc(OC(F)F)c(NC(=S)NC2CCCCC2)c1. The summed E-state index contributed by atoms with van der Waals surface area (Å²) in [6.07, 6.45) is 5.85. The predicted molar refractivity (Wildman–Crippen MR) is 84.0 cm³/mol. The van der Waals surface area contributed by atoms with Crippen LogP contribution in [0.2, 0.25) is 0 Å². The highest BCUT2D eigenvalue weighted by atomic mass is 32.1. The van der Waals surface area contributed by atoms with E-state index in [4.69, 9.17) is 12.2 Å². The molecule has 1 aromatic rings. The first-order chi connectivity index (χ1) is 10.0. The molecule has 3 nitrogen and oxygen atoms in total. The summed E-state index contributed by atoms with van der Waals surface area (Å²) in [6.45, 7) is -0.970. The quantitative estimate of drug-likeness (QED) is 0.816. The molecule has 6 heteroatoms. The highest BCUT2D eigenvalue weighted by molar-refractivity contribution is 7.80. The van der Waals surface area contributed by atoms with Crippen LogP contribution in [0.15, 0.2) is 18.2 Å². The van der Waals surface area contributed by atoms with Crippen LogP contribution in [-0.4, -0.2) is 17.8 Å². The Morgan fingerprint density at radius 3 is 2.67 bits per heavy atom. The van der Waals surface area contributed by atoms with Gasteiger partial charge >= 0.3 is 6.61 Å². The molecule has 21 heavy (non-hydrogen) atoms. The summed E-state index contributed by atoms with van der Waals surface area (Å²) in [4.78, 5) is 0. The molecular formula is C15H20F2N2OS. The minimum atomic E-state index is -2.85. The van der Waals surface area contributed by atoms with E-state index in [1.807, 2.05) is 6.92 Å². The van der Waals surface area contributed by atoms with Crippen molar-refractivity contribution in [2.24, 2.45) is 0 Å². The third kappa shape index (κ3) is 5.12. The Morgan fingerprint density at radius 2 is 2.00 bits per heavy atom. The van der Waals surface area contributed by atoms with E-state index >= 15 is 0 Å². The number of nitrogens with one attached hydrogen (secondary N) is 2. The normalized spacial score (nSPS) is 15.8. The van der Waals surface area contributed by atoms with Crippen LogP contribution < -0.4 is 15.4 Å². The van der Waals surface area contributed by atoms with E-state index in [0.29, 0.717) is 16.8 Å². The van der Waals surface area contributed by atoms with E-state index in [-0.39, 0.29) is 5.75 Å². The minimum absolute atomic E-state index is 0.100. The van der Waals surface area contributed by atoms with E-state index in [1.54, 1.807) is 12.1 Å². The second kappa shape index (κ2) is 7.54. The number of anilines is 1. The van der Waals surface area contributed by atoms with E-state index < -0.39 is 6.61 Å². The Hall–Kier alpha value is -1.43. The monoisotopic (exact) mass is 314 g/mol. The molecule has 2 rings (SSSR count). The van der Waals surface area contributed by atoms with Gasteiger partial charge in [-0.2, -0.15) is 8.78 Å². The van der Waals surface area contributed by atoms with Crippen LogP contribution in [0, 0.1) is 6.92 Å². The highest BCUT2D eigenvalue weighted by Gasteiger charge is 2.15. The molecule has 0 aliphatic heterocycles. The number of ether oxygens (including phenoxy) is 1. The fraction of sp³-hybridized carbons (Fsp3) is 0.533. The summed E-state index contributed by atoms with van der Waals surface area (Å²) >= 11 is 5.27. The largest absolute Gasteiger partial charge is 0.433 e. The van der Waals surface area contributed by atoms with Gasteiger partial charge in [0.1, 0.15) is 5.75 Å². The smallest absolute Gasteiger partial charge is 0.387 e. The zero-order valence-corrected chi connectivity index (χ0v) is 12.8. The van der Waals surface area contributed by atoms with Crippen molar-refractivity contribution in [3.63, 3.8) is 0 Å². The number of hydrogen-bond donors (Lipinski definition) is 2.